The van der Waals surface area contributed by atoms with Gasteiger partial charge >= 0.3 is 0 Å². The Hall–Kier alpha value is -3.19. The van der Waals surface area contributed by atoms with Crippen molar-refractivity contribution in [1.29, 1.82) is 0 Å². The highest BCUT2D eigenvalue weighted by atomic mass is 19.1. The van der Waals surface area contributed by atoms with Crippen molar-refractivity contribution in [1.82, 2.24) is 9.78 Å². The molecule has 0 aliphatic rings. The first-order valence-corrected chi connectivity index (χ1v) is 8.56. The number of halogens is 1. The van der Waals surface area contributed by atoms with Crippen LogP contribution in [0.5, 0.6) is 5.75 Å². The second kappa shape index (κ2) is 8.46. The topological polar surface area (TPSA) is 82.2 Å². The molecule has 0 bridgehead atoms. The van der Waals surface area contributed by atoms with Crippen LogP contribution in [0.4, 0.5) is 10.1 Å². The van der Waals surface area contributed by atoms with Crippen LogP contribution in [0.25, 0.3) is 11.3 Å². The molecule has 27 heavy (non-hydrogen) atoms. The molecule has 0 radical (unpaired) electrons. The van der Waals surface area contributed by atoms with Gasteiger partial charge in [-0.05, 0) is 42.0 Å². The SMILES string of the molecule is Cn1nccc1-c1cc(NC(=O)Cc2ccc(F)cc2)ccc1OCCN. The zero-order valence-electron chi connectivity index (χ0n) is 15.0. The van der Waals surface area contributed by atoms with E-state index in [-0.39, 0.29) is 18.1 Å². The summed E-state index contributed by atoms with van der Waals surface area (Å²) in [6.45, 7) is 0.794. The minimum absolute atomic E-state index is 0.159. The van der Waals surface area contributed by atoms with Crippen molar-refractivity contribution in [3.05, 3.63) is 66.1 Å². The predicted octanol–water partition coefficient (Wildman–Crippen LogP) is 2.74. The number of benzene rings is 2. The average molecular weight is 368 g/mol. The van der Waals surface area contributed by atoms with E-state index in [0.717, 1.165) is 16.8 Å². The van der Waals surface area contributed by atoms with Crippen LogP contribution >= 0.6 is 0 Å². The maximum atomic E-state index is 13.0. The van der Waals surface area contributed by atoms with Crippen LogP contribution in [0.2, 0.25) is 0 Å². The van der Waals surface area contributed by atoms with E-state index in [0.29, 0.717) is 24.6 Å². The Bertz CT molecular complexity index is 922. The summed E-state index contributed by atoms with van der Waals surface area (Å²) in [5.74, 6) is 0.154. The lowest BCUT2D eigenvalue weighted by Gasteiger charge is -2.14. The normalized spacial score (nSPS) is 10.6. The Morgan fingerprint density at radius 3 is 2.67 bits per heavy atom. The summed E-state index contributed by atoms with van der Waals surface area (Å²) >= 11 is 0. The van der Waals surface area contributed by atoms with Gasteiger partial charge in [0.05, 0.1) is 12.1 Å². The molecule has 140 valence electrons. The Balaban J connectivity index is 1.80. The molecule has 0 atom stereocenters. The van der Waals surface area contributed by atoms with Crippen LogP contribution in [0.3, 0.4) is 0 Å². The van der Waals surface area contributed by atoms with Crippen LogP contribution in [-0.2, 0) is 18.3 Å². The Labute approximate surface area is 156 Å². The number of carbonyl (C=O) groups excluding carboxylic acids is 1. The van der Waals surface area contributed by atoms with Gasteiger partial charge in [0.25, 0.3) is 0 Å². The number of hydrogen-bond donors (Lipinski definition) is 2. The van der Waals surface area contributed by atoms with Crippen LogP contribution in [0, 0.1) is 5.82 Å². The van der Waals surface area contributed by atoms with Crippen molar-refractivity contribution in [2.45, 2.75) is 6.42 Å². The summed E-state index contributed by atoms with van der Waals surface area (Å²) in [5, 5.41) is 7.05. The number of rotatable bonds is 7. The monoisotopic (exact) mass is 368 g/mol. The van der Waals surface area contributed by atoms with Crippen molar-refractivity contribution in [2.24, 2.45) is 12.8 Å². The molecule has 7 heteroatoms. The van der Waals surface area contributed by atoms with E-state index in [1.54, 1.807) is 35.1 Å². The van der Waals surface area contributed by atoms with Crippen LogP contribution in [0.15, 0.2) is 54.7 Å². The highest BCUT2D eigenvalue weighted by Crippen LogP contribution is 2.32. The van der Waals surface area contributed by atoms with E-state index in [1.807, 2.05) is 19.2 Å². The molecule has 1 aromatic heterocycles. The fraction of sp³-hybridized carbons (Fsp3) is 0.200. The van der Waals surface area contributed by atoms with Gasteiger partial charge in [-0.1, -0.05) is 12.1 Å². The van der Waals surface area contributed by atoms with Gasteiger partial charge in [-0.2, -0.15) is 5.10 Å². The first kappa shape index (κ1) is 18.6. The lowest BCUT2D eigenvalue weighted by molar-refractivity contribution is -0.115. The fourth-order valence-corrected chi connectivity index (χ4v) is 2.73. The van der Waals surface area contributed by atoms with Crippen molar-refractivity contribution >= 4 is 11.6 Å². The summed E-state index contributed by atoms with van der Waals surface area (Å²) in [7, 11) is 1.84. The summed E-state index contributed by atoms with van der Waals surface area (Å²) in [4.78, 5) is 12.3. The van der Waals surface area contributed by atoms with Crippen molar-refractivity contribution in [3.63, 3.8) is 0 Å². The van der Waals surface area contributed by atoms with E-state index < -0.39 is 0 Å². The van der Waals surface area contributed by atoms with Gasteiger partial charge in [-0.15, -0.1) is 0 Å². The van der Waals surface area contributed by atoms with Gasteiger partial charge in [0, 0.05) is 31.0 Å². The largest absolute Gasteiger partial charge is 0.492 e. The minimum atomic E-state index is -0.326. The number of nitrogens with one attached hydrogen (secondary N) is 1. The molecule has 0 unspecified atom stereocenters. The molecule has 0 spiro atoms. The first-order valence-electron chi connectivity index (χ1n) is 8.56. The highest BCUT2D eigenvalue weighted by Gasteiger charge is 2.13. The maximum absolute atomic E-state index is 13.0. The summed E-state index contributed by atoms with van der Waals surface area (Å²) in [6, 6.07) is 13.2. The van der Waals surface area contributed by atoms with E-state index >= 15 is 0 Å². The Kier molecular flexibility index (Phi) is 5.83. The zero-order chi connectivity index (χ0) is 19.2. The van der Waals surface area contributed by atoms with Crippen LogP contribution in [-0.4, -0.2) is 28.8 Å². The Morgan fingerprint density at radius 2 is 2.00 bits per heavy atom. The molecule has 1 heterocycles. The number of amides is 1. The number of nitrogens with two attached hydrogens (primary N) is 1. The lowest BCUT2D eigenvalue weighted by Crippen LogP contribution is -2.15. The number of ether oxygens (including phenoxy) is 1. The molecule has 3 N–H and O–H groups in total. The number of aryl methyl sites for hydroxylation is 1. The van der Waals surface area contributed by atoms with Crippen molar-refractivity contribution < 1.29 is 13.9 Å². The standard InChI is InChI=1S/C20H21FN4O2/c1-25-18(8-10-23-25)17-13-16(6-7-19(17)27-11-9-22)24-20(26)12-14-2-4-15(21)5-3-14/h2-8,10,13H,9,11-12,22H2,1H3,(H,24,26). The van der Waals surface area contributed by atoms with E-state index in [2.05, 4.69) is 10.4 Å². The maximum Gasteiger partial charge on any atom is 0.228 e. The summed E-state index contributed by atoms with van der Waals surface area (Å²) in [6.07, 6.45) is 1.86. The minimum Gasteiger partial charge on any atom is -0.492 e. The van der Waals surface area contributed by atoms with Gasteiger partial charge in [0.2, 0.25) is 5.91 Å². The molecule has 2 aromatic carbocycles. The molecular formula is C20H21FN4O2. The van der Waals surface area contributed by atoms with Crippen molar-refractivity contribution in [2.75, 3.05) is 18.5 Å². The molecule has 6 nitrogen and oxygen atoms in total. The third-order valence-corrected chi connectivity index (χ3v) is 4.01. The third-order valence-electron chi connectivity index (χ3n) is 4.01. The van der Waals surface area contributed by atoms with Crippen LogP contribution in [0.1, 0.15) is 5.56 Å². The molecule has 0 aliphatic carbocycles. The highest BCUT2D eigenvalue weighted by molar-refractivity contribution is 5.93. The summed E-state index contributed by atoms with van der Waals surface area (Å²) in [5.41, 5.74) is 8.57. The fourth-order valence-electron chi connectivity index (χ4n) is 2.73. The molecule has 3 rings (SSSR count). The van der Waals surface area contributed by atoms with Gasteiger partial charge < -0.3 is 15.8 Å². The van der Waals surface area contributed by atoms with Gasteiger partial charge in [-0.3, -0.25) is 9.48 Å². The second-order valence-electron chi connectivity index (χ2n) is 6.04. The van der Waals surface area contributed by atoms with Gasteiger partial charge in [-0.25, -0.2) is 4.39 Å². The van der Waals surface area contributed by atoms with E-state index in [1.165, 1.54) is 12.1 Å². The van der Waals surface area contributed by atoms with Gasteiger partial charge in [0.1, 0.15) is 18.2 Å². The molecule has 0 saturated heterocycles. The summed E-state index contributed by atoms with van der Waals surface area (Å²) < 4.78 is 20.4. The zero-order valence-corrected chi connectivity index (χ0v) is 15.0. The van der Waals surface area contributed by atoms with Gasteiger partial charge in [0.15, 0.2) is 0 Å². The first-order chi connectivity index (χ1) is 13.1. The van der Waals surface area contributed by atoms with E-state index in [9.17, 15) is 9.18 Å². The molecular weight excluding hydrogens is 347 g/mol. The molecule has 3 aromatic rings. The Morgan fingerprint density at radius 1 is 1.22 bits per heavy atom. The molecule has 0 aliphatic heterocycles. The molecule has 0 fully saturated rings. The second-order valence-corrected chi connectivity index (χ2v) is 6.04. The molecule has 0 saturated carbocycles. The number of carbonyl (C=O) groups is 1. The van der Waals surface area contributed by atoms with E-state index in [4.69, 9.17) is 10.5 Å². The number of nitrogens with zero attached hydrogens (tertiary/aromatic N) is 2. The third kappa shape index (κ3) is 4.71. The predicted molar refractivity (Wildman–Crippen MR) is 102 cm³/mol. The lowest BCUT2D eigenvalue weighted by atomic mass is 10.1. The average Bonchev–Trinajstić information content (AvgIpc) is 3.08. The number of aromatic nitrogens is 2. The van der Waals surface area contributed by atoms with Crippen LogP contribution < -0.4 is 15.8 Å². The quantitative estimate of drug-likeness (QED) is 0.672. The smallest absolute Gasteiger partial charge is 0.228 e. The van der Waals surface area contributed by atoms with Crippen molar-refractivity contribution in [3.8, 4) is 17.0 Å². The number of anilines is 1. The number of hydrogen-bond acceptors (Lipinski definition) is 4. The molecule has 1 amide bonds.